The van der Waals surface area contributed by atoms with Crippen LogP contribution in [0.5, 0.6) is 0 Å². The highest BCUT2D eigenvalue weighted by Gasteiger charge is 2.40. The molecule has 2 heterocycles. The zero-order valence-corrected chi connectivity index (χ0v) is 12.0. The third-order valence-corrected chi connectivity index (χ3v) is 4.42. The summed E-state index contributed by atoms with van der Waals surface area (Å²) in [4.78, 5) is 0. The van der Waals surface area contributed by atoms with Crippen molar-refractivity contribution in [3.63, 3.8) is 0 Å². The van der Waals surface area contributed by atoms with Gasteiger partial charge in [0.25, 0.3) is 0 Å². The first-order chi connectivity index (χ1) is 10.4. The molecule has 1 aliphatic carbocycles. The monoisotopic (exact) mass is 284 g/mol. The highest BCUT2D eigenvalue weighted by atomic mass is 16.5. The van der Waals surface area contributed by atoms with Crippen LogP contribution in [0.2, 0.25) is 0 Å². The van der Waals surface area contributed by atoms with E-state index in [2.05, 4.69) is 32.9 Å². The van der Waals surface area contributed by atoms with Crippen molar-refractivity contribution < 1.29 is 4.74 Å². The van der Waals surface area contributed by atoms with Crippen molar-refractivity contribution in [1.29, 1.82) is 0 Å². The number of aromatic amines is 1. The predicted octanol–water partition coefficient (Wildman–Crippen LogP) is 2.13. The van der Waals surface area contributed by atoms with Crippen LogP contribution in [0.25, 0.3) is 11.3 Å². The number of hydrogen-bond acceptors (Lipinski definition) is 4. The van der Waals surface area contributed by atoms with Gasteiger partial charge in [-0.05, 0) is 25.2 Å². The van der Waals surface area contributed by atoms with Crippen molar-refractivity contribution in [3.05, 3.63) is 36.0 Å². The number of aromatic nitrogens is 3. The Balaban J connectivity index is 1.45. The maximum atomic E-state index is 5.87. The van der Waals surface area contributed by atoms with Crippen molar-refractivity contribution >= 4 is 0 Å². The van der Waals surface area contributed by atoms with Gasteiger partial charge in [0, 0.05) is 24.8 Å². The van der Waals surface area contributed by atoms with Crippen LogP contribution in [0.3, 0.4) is 0 Å². The summed E-state index contributed by atoms with van der Waals surface area (Å²) in [6.07, 6.45) is 4.14. The molecule has 5 nitrogen and oxygen atoms in total. The molecule has 2 aliphatic rings. The summed E-state index contributed by atoms with van der Waals surface area (Å²) in [5.41, 5.74) is 3.01. The minimum absolute atomic E-state index is 0.400. The number of nitrogens with zero attached hydrogens (tertiary/aromatic N) is 2. The Hall–Kier alpha value is -1.72. The van der Waals surface area contributed by atoms with E-state index in [-0.39, 0.29) is 0 Å². The van der Waals surface area contributed by atoms with E-state index in [1.807, 2.05) is 18.2 Å². The summed E-state index contributed by atoms with van der Waals surface area (Å²) in [5.74, 6) is 0.774. The van der Waals surface area contributed by atoms with Gasteiger partial charge in [-0.2, -0.15) is 15.4 Å². The largest absolute Gasteiger partial charge is 0.376 e. The van der Waals surface area contributed by atoms with Crippen molar-refractivity contribution in [2.24, 2.45) is 5.92 Å². The van der Waals surface area contributed by atoms with E-state index in [1.165, 1.54) is 12.8 Å². The molecule has 5 heteroatoms. The molecule has 0 radical (unpaired) electrons. The molecule has 110 valence electrons. The van der Waals surface area contributed by atoms with E-state index >= 15 is 0 Å². The van der Waals surface area contributed by atoms with Crippen LogP contribution in [0, 0.1) is 5.92 Å². The maximum absolute atomic E-state index is 5.87. The lowest BCUT2D eigenvalue weighted by Crippen LogP contribution is -2.37. The Labute approximate surface area is 124 Å². The fraction of sp³-hybridized carbons (Fsp3) is 0.500. The lowest BCUT2D eigenvalue weighted by atomic mass is 10.1. The average Bonchev–Trinajstić information content (AvgIpc) is 3.09. The number of hydrogen-bond donors (Lipinski definition) is 2. The smallest absolute Gasteiger partial charge is 0.117 e. The van der Waals surface area contributed by atoms with Crippen LogP contribution in [-0.4, -0.2) is 34.2 Å². The van der Waals surface area contributed by atoms with E-state index in [1.54, 1.807) is 0 Å². The molecule has 1 aliphatic heterocycles. The van der Waals surface area contributed by atoms with Crippen LogP contribution >= 0.6 is 0 Å². The fourth-order valence-electron chi connectivity index (χ4n) is 3.15. The second kappa shape index (κ2) is 5.58. The van der Waals surface area contributed by atoms with Crippen LogP contribution in [0.4, 0.5) is 0 Å². The third kappa shape index (κ3) is 2.71. The van der Waals surface area contributed by atoms with Crippen LogP contribution in [-0.2, 0) is 11.3 Å². The van der Waals surface area contributed by atoms with E-state index in [0.29, 0.717) is 12.1 Å². The Morgan fingerprint density at radius 1 is 1.14 bits per heavy atom. The molecule has 1 aromatic heterocycles. The zero-order valence-electron chi connectivity index (χ0n) is 12.0. The first-order valence-electron chi connectivity index (χ1n) is 7.72. The standard InChI is InChI=1S/C16H20N4O/c1-2-4-11(5-3-1)15-14(18-20-19-15)10-17-13-8-9-21-16(13)12-6-7-12/h1-5,12-13,16-17H,6-10H2,(H,18,19,20). The summed E-state index contributed by atoms with van der Waals surface area (Å²) in [7, 11) is 0. The van der Waals surface area contributed by atoms with E-state index in [0.717, 1.165) is 42.4 Å². The van der Waals surface area contributed by atoms with Gasteiger partial charge in [-0.1, -0.05) is 30.3 Å². The van der Waals surface area contributed by atoms with Crippen molar-refractivity contribution in [3.8, 4) is 11.3 Å². The highest BCUT2D eigenvalue weighted by Crippen LogP contribution is 2.38. The number of nitrogens with one attached hydrogen (secondary N) is 2. The second-order valence-corrected chi connectivity index (χ2v) is 5.93. The van der Waals surface area contributed by atoms with Crippen LogP contribution in [0.1, 0.15) is 25.0 Å². The van der Waals surface area contributed by atoms with Crippen LogP contribution in [0.15, 0.2) is 30.3 Å². The number of ether oxygens (including phenoxy) is 1. The molecule has 2 fully saturated rings. The number of benzene rings is 1. The van der Waals surface area contributed by atoms with Crippen molar-refractivity contribution in [2.75, 3.05) is 6.61 Å². The Morgan fingerprint density at radius 3 is 2.81 bits per heavy atom. The molecular weight excluding hydrogens is 264 g/mol. The van der Waals surface area contributed by atoms with Gasteiger partial charge in [0.15, 0.2) is 0 Å². The minimum Gasteiger partial charge on any atom is -0.376 e. The Bertz CT molecular complexity index is 593. The van der Waals surface area contributed by atoms with Gasteiger partial charge >= 0.3 is 0 Å². The molecule has 2 atom stereocenters. The van der Waals surface area contributed by atoms with Gasteiger partial charge in [-0.3, -0.25) is 0 Å². The minimum atomic E-state index is 0.400. The number of rotatable bonds is 5. The fourth-order valence-corrected chi connectivity index (χ4v) is 3.15. The third-order valence-electron chi connectivity index (χ3n) is 4.42. The van der Waals surface area contributed by atoms with E-state index in [4.69, 9.17) is 4.74 Å². The normalized spacial score (nSPS) is 25.3. The highest BCUT2D eigenvalue weighted by molar-refractivity contribution is 5.60. The lowest BCUT2D eigenvalue weighted by molar-refractivity contribution is 0.0808. The van der Waals surface area contributed by atoms with Crippen LogP contribution < -0.4 is 5.32 Å². The molecule has 1 saturated heterocycles. The van der Waals surface area contributed by atoms with Gasteiger partial charge in [0.1, 0.15) is 11.4 Å². The summed E-state index contributed by atoms with van der Waals surface area (Å²) in [6.45, 7) is 1.61. The van der Waals surface area contributed by atoms with Gasteiger partial charge in [-0.15, -0.1) is 0 Å². The van der Waals surface area contributed by atoms with Crippen molar-refractivity contribution in [1.82, 2.24) is 20.7 Å². The first-order valence-corrected chi connectivity index (χ1v) is 7.72. The number of H-pyrrole nitrogens is 1. The van der Waals surface area contributed by atoms with E-state index in [9.17, 15) is 0 Å². The topological polar surface area (TPSA) is 62.8 Å². The Morgan fingerprint density at radius 2 is 2.00 bits per heavy atom. The lowest BCUT2D eigenvalue weighted by Gasteiger charge is -2.19. The summed E-state index contributed by atoms with van der Waals surface area (Å²) < 4.78 is 5.87. The van der Waals surface area contributed by atoms with Gasteiger partial charge in [0.05, 0.1) is 6.10 Å². The molecule has 4 rings (SSSR count). The van der Waals surface area contributed by atoms with Gasteiger partial charge in [-0.25, -0.2) is 0 Å². The van der Waals surface area contributed by atoms with Gasteiger partial charge < -0.3 is 10.1 Å². The molecule has 2 aromatic rings. The Kier molecular flexibility index (Phi) is 3.45. The SMILES string of the molecule is c1ccc(-c2n[nH]nc2CNC2CCOC2C2CC2)cc1. The average molecular weight is 284 g/mol. The molecule has 2 unspecified atom stereocenters. The molecular formula is C16H20N4O. The molecule has 0 spiro atoms. The molecule has 2 N–H and O–H groups in total. The summed E-state index contributed by atoms with van der Waals surface area (Å²) >= 11 is 0. The maximum Gasteiger partial charge on any atom is 0.117 e. The zero-order chi connectivity index (χ0) is 14.1. The van der Waals surface area contributed by atoms with Gasteiger partial charge in [0.2, 0.25) is 0 Å². The van der Waals surface area contributed by atoms with Crippen molar-refractivity contribution in [2.45, 2.75) is 38.0 Å². The predicted molar refractivity (Wildman–Crippen MR) is 79.5 cm³/mol. The molecule has 0 amide bonds. The second-order valence-electron chi connectivity index (χ2n) is 5.93. The summed E-state index contributed by atoms with van der Waals surface area (Å²) in [5, 5.41) is 15.0. The molecule has 0 bridgehead atoms. The quantitative estimate of drug-likeness (QED) is 0.883. The van der Waals surface area contributed by atoms with E-state index < -0.39 is 0 Å². The molecule has 1 aromatic carbocycles. The first kappa shape index (κ1) is 13.0. The summed E-state index contributed by atoms with van der Waals surface area (Å²) in [6, 6.07) is 10.6. The molecule has 1 saturated carbocycles. The molecule has 21 heavy (non-hydrogen) atoms.